The molecule has 3 aromatic rings. The number of rotatable bonds is 2. The second-order valence-electron chi connectivity index (χ2n) is 6.85. The molecule has 0 aromatic heterocycles. The van der Waals surface area contributed by atoms with Crippen LogP contribution in [0.15, 0.2) is 72.5 Å². The molecular formula is C24H23NO. The second-order valence-corrected chi connectivity index (χ2v) is 6.85. The van der Waals surface area contributed by atoms with Gasteiger partial charge in [0.05, 0.1) is 0 Å². The first-order valence-electron chi connectivity index (χ1n) is 8.95. The van der Waals surface area contributed by atoms with Crippen LogP contribution in [0.4, 0.5) is 11.4 Å². The van der Waals surface area contributed by atoms with Crippen molar-refractivity contribution in [3.05, 3.63) is 94.7 Å². The molecule has 130 valence electrons. The normalized spacial score (nSPS) is 12.5. The summed E-state index contributed by atoms with van der Waals surface area (Å²) in [6.45, 7) is 6.26. The van der Waals surface area contributed by atoms with Gasteiger partial charge in [0.25, 0.3) is 0 Å². The van der Waals surface area contributed by atoms with E-state index in [-0.39, 0.29) is 0 Å². The number of benzene rings is 3. The van der Waals surface area contributed by atoms with Crippen LogP contribution < -0.4 is 9.64 Å². The van der Waals surface area contributed by atoms with E-state index in [9.17, 15) is 0 Å². The standard InChI is InChI=1S/C24H23NO/c1-16-10-9-11-17(2)24(16)26-18(3)23-19-12-5-7-14-21(19)25(4)22-15-8-6-13-20(22)23/h5-15H,1-4H3. The van der Waals surface area contributed by atoms with Gasteiger partial charge < -0.3 is 9.64 Å². The Balaban J connectivity index is 1.93. The van der Waals surface area contributed by atoms with Gasteiger partial charge in [0.1, 0.15) is 11.5 Å². The lowest BCUT2D eigenvalue weighted by Gasteiger charge is -2.32. The second kappa shape index (κ2) is 6.38. The van der Waals surface area contributed by atoms with Gasteiger partial charge in [-0.05, 0) is 44.0 Å². The molecule has 0 spiro atoms. The Morgan fingerprint density at radius 2 is 1.23 bits per heavy atom. The summed E-state index contributed by atoms with van der Waals surface area (Å²) in [7, 11) is 2.12. The number of allylic oxidation sites excluding steroid dienone is 1. The van der Waals surface area contributed by atoms with Crippen LogP contribution in [0.3, 0.4) is 0 Å². The van der Waals surface area contributed by atoms with Crippen molar-refractivity contribution in [2.45, 2.75) is 20.8 Å². The van der Waals surface area contributed by atoms with E-state index in [1.165, 1.54) is 22.5 Å². The van der Waals surface area contributed by atoms with Gasteiger partial charge in [-0.15, -0.1) is 0 Å². The summed E-state index contributed by atoms with van der Waals surface area (Å²) in [5.41, 5.74) is 8.28. The van der Waals surface area contributed by atoms with Crippen molar-refractivity contribution in [1.29, 1.82) is 0 Å². The van der Waals surface area contributed by atoms with E-state index < -0.39 is 0 Å². The third-order valence-electron chi connectivity index (χ3n) is 5.09. The Morgan fingerprint density at radius 3 is 1.77 bits per heavy atom. The number of fused-ring (bicyclic) bond motifs is 2. The molecule has 0 aliphatic carbocycles. The minimum atomic E-state index is 0.926. The van der Waals surface area contributed by atoms with Gasteiger partial charge in [-0.2, -0.15) is 0 Å². The molecule has 4 rings (SSSR count). The molecular weight excluding hydrogens is 318 g/mol. The summed E-state index contributed by atoms with van der Waals surface area (Å²) in [5, 5.41) is 0. The SMILES string of the molecule is CC(Oc1c(C)cccc1C)=C1c2ccccc2N(C)c2ccccc21. The number of nitrogens with zero attached hydrogens (tertiary/aromatic N) is 1. The van der Waals surface area contributed by atoms with Crippen LogP contribution in [0.1, 0.15) is 29.2 Å². The molecule has 3 aromatic carbocycles. The summed E-state index contributed by atoms with van der Waals surface area (Å²) < 4.78 is 6.43. The van der Waals surface area contributed by atoms with Crippen molar-refractivity contribution in [2.24, 2.45) is 0 Å². The molecule has 0 amide bonds. The van der Waals surface area contributed by atoms with E-state index in [0.29, 0.717) is 0 Å². The van der Waals surface area contributed by atoms with Gasteiger partial charge in [-0.25, -0.2) is 0 Å². The highest BCUT2D eigenvalue weighted by Crippen LogP contribution is 2.45. The van der Waals surface area contributed by atoms with Crippen LogP contribution >= 0.6 is 0 Å². The molecule has 2 heteroatoms. The fourth-order valence-corrected chi connectivity index (χ4v) is 3.77. The lowest BCUT2D eigenvalue weighted by Crippen LogP contribution is -2.19. The Hall–Kier alpha value is -3.00. The number of hydrogen-bond donors (Lipinski definition) is 0. The molecule has 0 saturated heterocycles. The first-order valence-corrected chi connectivity index (χ1v) is 8.95. The zero-order chi connectivity index (χ0) is 18.3. The molecule has 0 saturated carbocycles. The minimum absolute atomic E-state index is 0.926. The molecule has 1 aliphatic rings. The van der Waals surface area contributed by atoms with E-state index in [2.05, 4.69) is 99.4 Å². The van der Waals surface area contributed by atoms with Crippen molar-refractivity contribution in [3.63, 3.8) is 0 Å². The minimum Gasteiger partial charge on any atom is -0.461 e. The van der Waals surface area contributed by atoms with Gasteiger partial charge >= 0.3 is 0 Å². The molecule has 0 atom stereocenters. The van der Waals surface area contributed by atoms with Gasteiger partial charge in [0.2, 0.25) is 0 Å². The van der Waals surface area contributed by atoms with Crippen molar-refractivity contribution in [1.82, 2.24) is 0 Å². The highest BCUT2D eigenvalue weighted by molar-refractivity contribution is 5.98. The maximum absolute atomic E-state index is 6.43. The Morgan fingerprint density at radius 1 is 0.731 bits per heavy atom. The van der Waals surface area contributed by atoms with Gasteiger partial charge in [0.15, 0.2) is 0 Å². The Bertz CT molecular complexity index is 946. The lowest BCUT2D eigenvalue weighted by atomic mass is 9.89. The summed E-state index contributed by atoms with van der Waals surface area (Å²) in [4.78, 5) is 2.25. The highest BCUT2D eigenvalue weighted by atomic mass is 16.5. The molecule has 0 bridgehead atoms. The molecule has 0 unspecified atom stereocenters. The third-order valence-corrected chi connectivity index (χ3v) is 5.09. The maximum Gasteiger partial charge on any atom is 0.132 e. The molecule has 1 aliphatic heterocycles. The van der Waals surface area contributed by atoms with Crippen LogP contribution in [0.2, 0.25) is 0 Å². The van der Waals surface area contributed by atoms with Crippen LogP contribution in [-0.4, -0.2) is 7.05 Å². The lowest BCUT2D eigenvalue weighted by molar-refractivity contribution is 0.424. The van der Waals surface area contributed by atoms with Crippen LogP contribution in [0, 0.1) is 13.8 Å². The van der Waals surface area contributed by atoms with Crippen molar-refractivity contribution < 1.29 is 4.74 Å². The first-order chi connectivity index (χ1) is 12.6. The van der Waals surface area contributed by atoms with Gasteiger partial charge in [0, 0.05) is 35.1 Å². The largest absolute Gasteiger partial charge is 0.461 e. The fourth-order valence-electron chi connectivity index (χ4n) is 3.77. The topological polar surface area (TPSA) is 12.5 Å². The highest BCUT2D eigenvalue weighted by Gasteiger charge is 2.26. The van der Waals surface area contributed by atoms with Crippen LogP contribution in [-0.2, 0) is 0 Å². The first kappa shape index (κ1) is 16.5. The quantitative estimate of drug-likeness (QED) is 0.511. The average Bonchev–Trinajstić information content (AvgIpc) is 2.65. The third kappa shape index (κ3) is 2.59. The zero-order valence-electron chi connectivity index (χ0n) is 15.7. The molecule has 0 fully saturated rings. The predicted octanol–water partition coefficient (Wildman–Crippen LogP) is 6.24. The maximum atomic E-state index is 6.43. The average molecular weight is 341 g/mol. The van der Waals surface area contributed by atoms with E-state index >= 15 is 0 Å². The van der Waals surface area contributed by atoms with Crippen molar-refractivity contribution >= 4 is 16.9 Å². The number of para-hydroxylation sites is 3. The smallest absolute Gasteiger partial charge is 0.132 e. The van der Waals surface area contributed by atoms with Crippen molar-refractivity contribution in [2.75, 3.05) is 11.9 Å². The Kier molecular flexibility index (Phi) is 4.04. The number of ether oxygens (including phenoxy) is 1. The summed E-state index contributed by atoms with van der Waals surface area (Å²) >= 11 is 0. The molecule has 2 nitrogen and oxygen atoms in total. The summed E-state index contributed by atoms with van der Waals surface area (Å²) in [6.07, 6.45) is 0. The fraction of sp³-hybridized carbons (Fsp3) is 0.167. The van der Waals surface area contributed by atoms with E-state index in [1.807, 2.05) is 0 Å². The summed E-state index contributed by atoms with van der Waals surface area (Å²) in [5.74, 6) is 1.88. The molecule has 26 heavy (non-hydrogen) atoms. The van der Waals surface area contributed by atoms with E-state index in [4.69, 9.17) is 4.74 Å². The van der Waals surface area contributed by atoms with Crippen molar-refractivity contribution in [3.8, 4) is 5.75 Å². The van der Waals surface area contributed by atoms with E-state index in [1.54, 1.807) is 0 Å². The molecule has 1 heterocycles. The Labute approximate surface area is 155 Å². The number of aryl methyl sites for hydroxylation is 2. The molecule has 0 N–H and O–H groups in total. The zero-order valence-corrected chi connectivity index (χ0v) is 15.7. The van der Waals surface area contributed by atoms with Gasteiger partial charge in [-0.3, -0.25) is 0 Å². The van der Waals surface area contributed by atoms with E-state index in [0.717, 1.165) is 28.2 Å². The predicted molar refractivity (Wildman–Crippen MR) is 109 cm³/mol. The van der Waals surface area contributed by atoms with Gasteiger partial charge in [-0.1, -0.05) is 54.6 Å². The number of anilines is 2. The van der Waals surface area contributed by atoms with Crippen LogP contribution in [0.25, 0.3) is 5.57 Å². The summed E-state index contributed by atoms with van der Waals surface area (Å²) in [6, 6.07) is 23.3. The van der Waals surface area contributed by atoms with Crippen LogP contribution in [0.5, 0.6) is 5.75 Å². The number of hydrogen-bond acceptors (Lipinski definition) is 2. The molecule has 0 radical (unpaired) electrons. The monoisotopic (exact) mass is 341 g/mol.